The van der Waals surface area contributed by atoms with Crippen molar-refractivity contribution in [3.05, 3.63) is 47.5 Å². The molecule has 2 aromatic rings. The third kappa shape index (κ3) is 2.52. The van der Waals surface area contributed by atoms with Gasteiger partial charge in [0.2, 0.25) is 0 Å². The Hall–Kier alpha value is -1.29. The van der Waals surface area contributed by atoms with Gasteiger partial charge in [-0.3, -0.25) is 4.57 Å². The van der Waals surface area contributed by atoms with Crippen LogP contribution < -0.4 is 0 Å². The first-order chi connectivity index (χ1) is 7.88. The Morgan fingerprint density at radius 3 is 2.47 bits per heavy atom. The molecule has 0 heterocycles. The maximum absolute atomic E-state index is 13.5. The Morgan fingerprint density at radius 2 is 1.82 bits per heavy atom. The maximum atomic E-state index is 13.5. The zero-order chi connectivity index (χ0) is 12.6. The zero-order valence-electron chi connectivity index (χ0n) is 8.60. The number of benzene rings is 2. The Kier molecular flexibility index (Phi) is 3.00. The van der Waals surface area contributed by atoms with Crippen LogP contribution in [0.25, 0.3) is 10.8 Å². The second kappa shape index (κ2) is 4.18. The molecule has 0 unspecified atom stereocenters. The fourth-order valence-electron chi connectivity index (χ4n) is 1.72. The summed E-state index contributed by atoms with van der Waals surface area (Å²) in [5.41, 5.74) is -0.283. The van der Waals surface area contributed by atoms with Gasteiger partial charge in [0.05, 0.1) is 6.16 Å². The molecule has 2 rings (SSSR count). The fraction of sp³-hybridized carbons (Fsp3) is 0.0909. The highest BCUT2D eigenvalue weighted by molar-refractivity contribution is 7.50. The van der Waals surface area contributed by atoms with Crippen molar-refractivity contribution < 1.29 is 23.1 Å². The van der Waals surface area contributed by atoms with Gasteiger partial charge in [0.15, 0.2) is 11.6 Å². The summed E-state index contributed by atoms with van der Waals surface area (Å²) < 4.78 is 37.7. The number of rotatable bonds is 2. The second-order valence-corrected chi connectivity index (χ2v) is 5.34. The minimum atomic E-state index is -4.45. The third-order valence-corrected chi connectivity index (χ3v) is 3.14. The molecule has 0 saturated carbocycles. The van der Waals surface area contributed by atoms with Gasteiger partial charge >= 0.3 is 7.60 Å². The largest absolute Gasteiger partial charge is 0.330 e. The van der Waals surface area contributed by atoms with E-state index < -0.39 is 25.4 Å². The van der Waals surface area contributed by atoms with Crippen molar-refractivity contribution in [3.63, 3.8) is 0 Å². The van der Waals surface area contributed by atoms with Crippen LogP contribution in [0.15, 0.2) is 30.3 Å². The van der Waals surface area contributed by atoms with Crippen LogP contribution in [0.5, 0.6) is 0 Å². The van der Waals surface area contributed by atoms with E-state index in [9.17, 15) is 13.3 Å². The van der Waals surface area contributed by atoms with Crippen molar-refractivity contribution in [2.24, 2.45) is 0 Å². The molecule has 0 aliphatic rings. The topological polar surface area (TPSA) is 57.5 Å². The minimum absolute atomic E-state index is 0.283. The van der Waals surface area contributed by atoms with Crippen LogP contribution in [0.3, 0.4) is 0 Å². The molecule has 6 heteroatoms. The average Bonchev–Trinajstić information content (AvgIpc) is 2.23. The van der Waals surface area contributed by atoms with Crippen molar-refractivity contribution in [1.29, 1.82) is 0 Å². The van der Waals surface area contributed by atoms with Gasteiger partial charge in [0.1, 0.15) is 0 Å². The van der Waals surface area contributed by atoms with Crippen molar-refractivity contribution in [2.75, 3.05) is 0 Å². The Labute approximate surface area is 95.9 Å². The molecule has 0 fully saturated rings. The molecule has 0 radical (unpaired) electrons. The van der Waals surface area contributed by atoms with Crippen molar-refractivity contribution in [2.45, 2.75) is 6.16 Å². The first-order valence-corrected chi connectivity index (χ1v) is 6.58. The molecule has 0 amide bonds. The molecule has 0 aliphatic heterocycles. The first kappa shape index (κ1) is 12.2. The summed E-state index contributed by atoms with van der Waals surface area (Å²) >= 11 is 0. The predicted octanol–water partition coefficient (Wildman–Crippen LogP) is 2.80. The Morgan fingerprint density at radius 1 is 1.18 bits per heavy atom. The maximum Gasteiger partial charge on any atom is 0.330 e. The lowest BCUT2D eigenvalue weighted by Crippen LogP contribution is -1.97. The third-order valence-electron chi connectivity index (χ3n) is 2.41. The quantitative estimate of drug-likeness (QED) is 0.814. The van der Waals surface area contributed by atoms with Crippen LogP contribution >= 0.6 is 7.60 Å². The first-order valence-electron chi connectivity index (χ1n) is 4.79. The lowest BCUT2D eigenvalue weighted by atomic mass is 10.0. The summed E-state index contributed by atoms with van der Waals surface area (Å²) in [6.45, 7) is 0. The van der Waals surface area contributed by atoms with Gasteiger partial charge < -0.3 is 9.79 Å². The molecular formula is C11H9F2O3P. The molecular weight excluding hydrogens is 249 g/mol. The average molecular weight is 258 g/mol. The van der Waals surface area contributed by atoms with E-state index in [1.165, 1.54) is 6.07 Å². The van der Waals surface area contributed by atoms with Crippen LogP contribution in [-0.2, 0) is 10.7 Å². The molecule has 0 aliphatic carbocycles. The predicted molar refractivity (Wildman–Crippen MR) is 59.6 cm³/mol. The van der Waals surface area contributed by atoms with E-state index in [0.717, 1.165) is 6.07 Å². The van der Waals surface area contributed by atoms with E-state index in [4.69, 9.17) is 9.79 Å². The van der Waals surface area contributed by atoms with Crippen LogP contribution in [-0.4, -0.2) is 9.79 Å². The van der Waals surface area contributed by atoms with E-state index in [1.807, 2.05) is 0 Å². The monoisotopic (exact) mass is 258 g/mol. The molecule has 3 nitrogen and oxygen atoms in total. The van der Waals surface area contributed by atoms with Crippen LogP contribution in [0.4, 0.5) is 8.78 Å². The van der Waals surface area contributed by atoms with Crippen molar-refractivity contribution in [1.82, 2.24) is 0 Å². The smallest absolute Gasteiger partial charge is 0.324 e. The minimum Gasteiger partial charge on any atom is -0.324 e. The molecule has 90 valence electrons. The number of halogens is 2. The highest BCUT2D eigenvalue weighted by atomic mass is 31.2. The van der Waals surface area contributed by atoms with Crippen LogP contribution in [0.1, 0.15) is 5.56 Å². The van der Waals surface area contributed by atoms with Gasteiger partial charge in [0.25, 0.3) is 0 Å². The van der Waals surface area contributed by atoms with E-state index in [2.05, 4.69) is 0 Å². The number of fused-ring (bicyclic) bond motifs is 1. The Balaban J connectivity index is 2.74. The van der Waals surface area contributed by atoms with Crippen molar-refractivity contribution in [3.8, 4) is 0 Å². The lowest BCUT2D eigenvalue weighted by Gasteiger charge is -2.10. The molecule has 2 N–H and O–H groups in total. The molecule has 0 spiro atoms. The van der Waals surface area contributed by atoms with Gasteiger partial charge in [-0.25, -0.2) is 8.78 Å². The highest BCUT2D eigenvalue weighted by Crippen LogP contribution is 2.42. The van der Waals surface area contributed by atoms with Gasteiger partial charge in [0, 0.05) is 5.56 Å². The van der Waals surface area contributed by atoms with Gasteiger partial charge in [-0.2, -0.15) is 0 Å². The van der Waals surface area contributed by atoms with E-state index >= 15 is 0 Å². The number of hydrogen-bond donors (Lipinski definition) is 2. The molecule has 17 heavy (non-hydrogen) atoms. The molecule has 0 aromatic heterocycles. The fourth-order valence-corrected chi connectivity index (χ4v) is 2.44. The zero-order valence-corrected chi connectivity index (χ0v) is 9.49. The normalized spacial score (nSPS) is 12.0. The van der Waals surface area contributed by atoms with E-state index in [-0.39, 0.29) is 5.56 Å². The standard InChI is InChI=1S/C11H9F2O3P/c12-10-5-7-3-1-2-4-8(7)9(11(10)13)6-17(14,15)16/h1-5H,6H2,(H2,14,15,16). The van der Waals surface area contributed by atoms with E-state index in [1.54, 1.807) is 18.2 Å². The van der Waals surface area contributed by atoms with Crippen molar-refractivity contribution >= 4 is 18.4 Å². The summed E-state index contributed by atoms with van der Waals surface area (Å²) in [6, 6.07) is 7.31. The Bertz CT molecular complexity index is 621. The number of hydrogen-bond acceptors (Lipinski definition) is 1. The van der Waals surface area contributed by atoms with Crippen LogP contribution in [0.2, 0.25) is 0 Å². The summed E-state index contributed by atoms with van der Waals surface area (Å²) in [7, 11) is -4.45. The molecule has 0 bridgehead atoms. The van der Waals surface area contributed by atoms with Gasteiger partial charge in [-0.1, -0.05) is 24.3 Å². The van der Waals surface area contributed by atoms with Crippen LogP contribution in [0, 0.1) is 11.6 Å². The molecule has 0 saturated heterocycles. The lowest BCUT2D eigenvalue weighted by molar-refractivity contribution is 0.370. The molecule has 0 atom stereocenters. The highest BCUT2D eigenvalue weighted by Gasteiger charge is 2.21. The summed E-state index contributed by atoms with van der Waals surface area (Å²) in [6.07, 6.45) is -0.808. The second-order valence-electron chi connectivity index (χ2n) is 3.69. The summed E-state index contributed by atoms with van der Waals surface area (Å²) in [4.78, 5) is 17.7. The van der Waals surface area contributed by atoms with Gasteiger partial charge in [-0.05, 0) is 16.8 Å². The van der Waals surface area contributed by atoms with Gasteiger partial charge in [-0.15, -0.1) is 0 Å². The summed E-state index contributed by atoms with van der Waals surface area (Å²) in [5, 5.41) is 0.726. The SMILES string of the molecule is O=P(O)(O)Cc1c(F)c(F)cc2ccccc12. The van der Waals surface area contributed by atoms with E-state index in [0.29, 0.717) is 10.8 Å². The molecule has 2 aromatic carbocycles. The summed E-state index contributed by atoms with van der Waals surface area (Å²) in [5.74, 6) is -2.31.